The molecule has 0 unspecified atom stereocenters. The van der Waals surface area contributed by atoms with Crippen molar-refractivity contribution in [2.24, 2.45) is 0 Å². The van der Waals surface area contributed by atoms with Crippen molar-refractivity contribution in [3.63, 3.8) is 0 Å². The fourth-order valence-electron chi connectivity index (χ4n) is 1.94. The van der Waals surface area contributed by atoms with Crippen LogP contribution in [0.25, 0.3) is 6.08 Å². The number of aromatic hydroxyl groups is 1. The van der Waals surface area contributed by atoms with E-state index in [9.17, 15) is 5.11 Å². The maximum atomic E-state index is 9.76. The molecule has 1 aromatic rings. The van der Waals surface area contributed by atoms with Crippen LogP contribution < -0.4 is 5.73 Å². The van der Waals surface area contributed by atoms with Crippen molar-refractivity contribution in [3.8, 4) is 5.75 Å². The quantitative estimate of drug-likeness (QED) is 0.810. The van der Waals surface area contributed by atoms with E-state index in [1.807, 2.05) is 39.7 Å². The molecule has 1 aromatic heterocycles. The highest BCUT2D eigenvalue weighted by Crippen LogP contribution is 2.37. The molecule has 0 atom stereocenters. The summed E-state index contributed by atoms with van der Waals surface area (Å²) in [6.07, 6.45) is 3.44. The van der Waals surface area contributed by atoms with Crippen molar-refractivity contribution < 1.29 is 14.4 Å². The van der Waals surface area contributed by atoms with Crippen LogP contribution in [0.3, 0.4) is 0 Å². The SMILES string of the molecule is Cc1c(/C=C/B2OC(C)(C)C(C)(C)O2)cnc(N)c1O. The number of nitrogens with two attached hydrogens (primary N) is 1. The lowest BCUT2D eigenvalue weighted by molar-refractivity contribution is 0.00578. The van der Waals surface area contributed by atoms with Crippen molar-refractivity contribution >= 4 is 19.0 Å². The number of nitrogens with zero attached hydrogens (tertiary/aromatic N) is 1. The lowest BCUT2D eigenvalue weighted by Gasteiger charge is -2.32. The summed E-state index contributed by atoms with van der Waals surface area (Å²) in [6.45, 7) is 9.80. The first-order valence-electron chi connectivity index (χ1n) is 6.62. The molecule has 1 saturated heterocycles. The average Bonchev–Trinajstić information content (AvgIpc) is 2.54. The minimum absolute atomic E-state index is 0.0149. The van der Waals surface area contributed by atoms with Gasteiger partial charge in [-0.05, 0) is 40.2 Å². The second-order valence-corrected chi connectivity index (χ2v) is 6.06. The molecule has 3 N–H and O–H groups in total. The van der Waals surface area contributed by atoms with E-state index in [2.05, 4.69) is 4.98 Å². The first kappa shape index (κ1) is 14.9. The Labute approximate surface area is 119 Å². The van der Waals surface area contributed by atoms with Crippen LogP contribution in [-0.2, 0) is 9.31 Å². The van der Waals surface area contributed by atoms with Crippen molar-refractivity contribution in [3.05, 3.63) is 23.3 Å². The van der Waals surface area contributed by atoms with Crippen molar-refractivity contribution in [2.75, 3.05) is 5.73 Å². The Bertz CT molecular complexity index is 540. The zero-order chi connectivity index (χ0) is 15.1. The van der Waals surface area contributed by atoms with Gasteiger partial charge in [-0.15, -0.1) is 0 Å². The summed E-state index contributed by atoms with van der Waals surface area (Å²) in [7, 11) is -0.418. The Morgan fingerprint density at radius 3 is 2.35 bits per heavy atom. The molecular formula is C14H21BN2O3. The summed E-state index contributed by atoms with van der Waals surface area (Å²) in [5.74, 6) is 1.97. The normalized spacial score (nSPS) is 20.8. The van der Waals surface area contributed by atoms with E-state index in [0.717, 1.165) is 5.56 Å². The van der Waals surface area contributed by atoms with Crippen molar-refractivity contribution in [1.82, 2.24) is 4.98 Å². The number of nitrogen functional groups attached to an aromatic ring is 1. The van der Waals surface area contributed by atoms with E-state index in [1.54, 1.807) is 13.1 Å². The number of pyridine rings is 1. The maximum Gasteiger partial charge on any atom is 0.487 e. The molecule has 0 spiro atoms. The van der Waals surface area contributed by atoms with E-state index < -0.39 is 7.12 Å². The molecular weight excluding hydrogens is 255 g/mol. The predicted octanol–water partition coefficient (Wildman–Crippen LogP) is 2.32. The van der Waals surface area contributed by atoms with Gasteiger partial charge < -0.3 is 20.1 Å². The molecule has 0 bridgehead atoms. The first-order valence-corrected chi connectivity index (χ1v) is 6.62. The van der Waals surface area contributed by atoms with Crippen LogP contribution in [0.2, 0.25) is 0 Å². The van der Waals surface area contributed by atoms with Crippen LogP contribution in [0.4, 0.5) is 5.82 Å². The molecule has 6 heteroatoms. The number of aromatic nitrogens is 1. The Morgan fingerprint density at radius 1 is 1.25 bits per heavy atom. The molecule has 0 saturated carbocycles. The Morgan fingerprint density at radius 2 is 1.80 bits per heavy atom. The van der Waals surface area contributed by atoms with Gasteiger partial charge in [0.25, 0.3) is 0 Å². The van der Waals surface area contributed by atoms with Crippen molar-refractivity contribution in [1.29, 1.82) is 0 Å². The van der Waals surface area contributed by atoms with Crippen LogP contribution in [0.15, 0.2) is 12.2 Å². The van der Waals surface area contributed by atoms with Gasteiger partial charge in [0.15, 0.2) is 11.6 Å². The summed E-state index contributed by atoms with van der Waals surface area (Å²) in [5.41, 5.74) is 6.29. The molecule has 20 heavy (non-hydrogen) atoms. The van der Waals surface area contributed by atoms with E-state index in [-0.39, 0.29) is 22.8 Å². The fourth-order valence-corrected chi connectivity index (χ4v) is 1.94. The molecule has 5 nitrogen and oxygen atoms in total. The zero-order valence-electron chi connectivity index (χ0n) is 12.6. The number of hydrogen-bond acceptors (Lipinski definition) is 5. The van der Waals surface area contributed by atoms with E-state index in [4.69, 9.17) is 15.0 Å². The number of hydrogen-bond donors (Lipinski definition) is 2. The van der Waals surface area contributed by atoms with Gasteiger partial charge >= 0.3 is 7.12 Å². The third-order valence-corrected chi connectivity index (χ3v) is 4.08. The van der Waals surface area contributed by atoms with Crippen LogP contribution in [0, 0.1) is 6.92 Å². The fraction of sp³-hybridized carbons (Fsp3) is 0.500. The highest BCUT2D eigenvalue weighted by Gasteiger charge is 2.49. The summed E-state index contributed by atoms with van der Waals surface area (Å²) in [4.78, 5) is 3.94. The molecule has 0 aromatic carbocycles. The highest BCUT2D eigenvalue weighted by atomic mass is 16.7. The molecule has 2 rings (SSSR count). The topological polar surface area (TPSA) is 77.6 Å². The van der Waals surface area contributed by atoms with Crippen LogP contribution in [-0.4, -0.2) is 28.4 Å². The number of anilines is 1. The van der Waals surface area contributed by atoms with Gasteiger partial charge in [-0.1, -0.05) is 12.1 Å². The van der Waals surface area contributed by atoms with Gasteiger partial charge in [0.2, 0.25) is 0 Å². The monoisotopic (exact) mass is 276 g/mol. The third-order valence-electron chi connectivity index (χ3n) is 4.08. The van der Waals surface area contributed by atoms with Gasteiger partial charge in [-0.3, -0.25) is 0 Å². The lowest BCUT2D eigenvalue weighted by Crippen LogP contribution is -2.41. The average molecular weight is 276 g/mol. The van der Waals surface area contributed by atoms with E-state index in [1.165, 1.54) is 0 Å². The van der Waals surface area contributed by atoms with E-state index >= 15 is 0 Å². The van der Waals surface area contributed by atoms with Gasteiger partial charge in [-0.2, -0.15) is 0 Å². The largest absolute Gasteiger partial charge is 0.504 e. The minimum Gasteiger partial charge on any atom is -0.504 e. The highest BCUT2D eigenvalue weighted by molar-refractivity contribution is 6.52. The van der Waals surface area contributed by atoms with Gasteiger partial charge in [-0.25, -0.2) is 4.98 Å². The summed E-state index contributed by atoms with van der Waals surface area (Å²) < 4.78 is 11.7. The molecule has 0 amide bonds. The molecule has 1 fully saturated rings. The number of rotatable bonds is 2. The molecule has 1 aliphatic rings. The van der Waals surface area contributed by atoms with Gasteiger partial charge in [0.05, 0.1) is 11.2 Å². The smallest absolute Gasteiger partial charge is 0.487 e. The summed E-state index contributed by atoms with van der Waals surface area (Å²) in [6, 6.07) is 0. The molecule has 1 aliphatic heterocycles. The molecule has 2 heterocycles. The third kappa shape index (κ3) is 2.53. The van der Waals surface area contributed by atoms with Crippen LogP contribution in [0.1, 0.15) is 38.8 Å². The summed E-state index contributed by atoms with van der Waals surface area (Å²) in [5, 5.41) is 9.76. The predicted molar refractivity (Wildman–Crippen MR) is 80.2 cm³/mol. The standard InChI is InChI=1S/C14H21BN2O3/c1-9-10(8-17-12(16)11(9)18)6-7-15-19-13(2,3)14(4,5)20-15/h6-8,18H,1-5H3,(H2,16,17)/b7-6+. The maximum absolute atomic E-state index is 9.76. The lowest BCUT2D eigenvalue weighted by atomic mass is 9.89. The molecule has 0 radical (unpaired) electrons. The minimum atomic E-state index is -0.418. The summed E-state index contributed by atoms with van der Waals surface area (Å²) >= 11 is 0. The van der Waals surface area contributed by atoms with Crippen LogP contribution in [0.5, 0.6) is 5.75 Å². The van der Waals surface area contributed by atoms with Crippen LogP contribution >= 0.6 is 0 Å². The first-order chi connectivity index (χ1) is 9.14. The van der Waals surface area contributed by atoms with E-state index in [0.29, 0.717) is 5.56 Å². The second kappa shape index (κ2) is 4.79. The zero-order valence-corrected chi connectivity index (χ0v) is 12.6. The Kier molecular flexibility index (Phi) is 3.56. The van der Waals surface area contributed by atoms with Gasteiger partial charge in [0, 0.05) is 11.8 Å². The van der Waals surface area contributed by atoms with Gasteiger partial charge in [0.1, 0.15) is 0 Å². The molecule has 108 valence electrons. The Hall–Kier alpha value is -1.53. The second-order valence-electron chi connectivity index (χ2n) is 6.06. The Balaban J connectivity index is 2.18. The molecule has 0 aliphatic carbocycles. The van der Waals surface area contributed by atoms with Crippen molar-refractivity contribution in [2.45, 2.75) is 45.8 Å².